The van der Waals surface area contributed by atoms with E-state index in [1.807, 2.05) is 0 Å². The van der Waals surface area contributed by atoms with Gasteiger partial charge in [-0.1, -0.05) is 170 Å². The summed E-state index contributed by atoms with van der Waals surface area (Å²) >= 11 is 0. The van der Waals surface area contributed by atoms with Gasteiger partial charge in [0.15, 0.2) is 0 Å². The van der Waals surface area contributed by atoms with Crippen molar-refractivity contribution in [3.05, 3.63) is 235 Å². The van der Waals surface area contributed by atoms with E-state index in [2.05, 4.69) is 217 Å². The van der Waals surface area contributed by atoms with Crippen molar-refractivity contribution in [3.8, 4) is 33.8 Å². The summed E-state index contributed by atoms with van der Waals surface area (Å²) in [6.45, 7) is 0. The van der Waals surface area contributed by atoms with Gasteiger partial charge in [-0.3, -0.25) is 0 Å². The van der Waals surface area contributed by atoms with E-state index in [9.17, 15) is 0 Å². The highest BCUT2D eigenvalue weighted by molar-refractivity contribution is 6.13. The molecule has 1 spiro atoms. The molecule has 1 aliphatic heterocycles. The highest BCUT2D eigenvalue weighted by Crippen LogP contribution is 2.62. The summed E-state index contributed by atoms with van der Waals surface area (Å²) in [6, 6.07) is 77.6. The lowest BCUT2D eigenvalue weighted by atomic mass is 9.58. The molecule has 0 radical (unpaired) electrons. The second-order valence-corrected chi connectivity index (χ2v) is 15.2. The van der Waals surface area contributed by atoms with Crippen LogP contribution in [0.25, 0.3) is 54.6 Å². The molecule has 0 atom stereocenters. The molecular formula is C55H35NO. The fourth-order valence-electron chi connectivity index (χ4n) is 9.88. The molecule has 0 saturated carbocycles. The summed E-state index contributed by atoms with van der Waals surface area (Å²) in [4.78, 5) is 2.48. The van der Waals surface area contributed by atoms with E-state index in [0.29, 0.717) is 0 Å². The number of para-hydroxylation sites is 2. The van der Waals surface area contributed by atoms with E-state index in [-0.39, 0.29) is 0 Å². The van der Waals surface area contributed by atoms with Crippen LogP contribution in [0.5, 0.6) is 11.5 Å². The number of rotatable bonds is 4. The zero-order chi connectivity index (χ0) is 37.5. The first kappa shape index (κ1) is 31.9. The third kappa shape index (κ3) is 4.59. The molecule has 0 N–H and O–H groups in total. The lowest BCUT2D eigenvalue weighted by Gasteiger charge is -2.45. The van der Waals surface area contributed by atoms with Gasteiger partial charge in [0.25, 0.3) is 0 Å². The Morgan fingerprint density at radius 1 is 0.351 bits per heavy atom. The Hall–Kier alpha value is -7.42. The first-order chi connectivity index (χ1) is 28.3. The van der Waals surface area contributed by atoms with Crippen LogP contribution in [0, 0.1) is 0 Å². The number of hydrogen-bond donors (Lipinski definition) is 0. The summed E-state index contributed by atoms with van der Waals surface area (Å²) in [5, 5.41) is 7.29. The molecule has 2 aliphatic rings. The lowest BCUT2D eigenvalue weighted by Crippen LogP contribution is -2.36. The van der Waals surface area contributed by atoms with Gasteiger partial charge in [-0.2, -0.15) is 0 Å². The average molecular weight is 726 g/mol. The highest BCUT2D eigenvalue weighted by atomic mass is 16.5. The van der Waals surface area contributed by atoms with Crippen LogP contribution in [-0.4, -0.2) is 0 Å². The number of anilines is 3. The van der Waals surface area contributed by atoms with Gasteiger partial charge in [-0.05, 0) is 97.4 Å². The molecule has 0 fully saturated rings. The molecule has 0 amide bonds. The predicted molar refractivity (Wildman–Crippen MR) is 236 cm³/mol. The minimum atomic E-state index is -0.586. The van der Waals surface area contributed by atoms with Crippen molar-refractivity contribution >= 4 is 49.4 Å². The smallest absolute Gasteiger partial charge is 0.132 e. The summed E-state index contributed by atoms with van der Waals surface area (Å²) in [5.74, 6) is 1.79. The summed E-state index contributed by atoms with van der Waals surface area (Å²) in [7, 11) is 0. The van der Waals surface area contributed by atoms with E-state index in [0.717, 1.165) is 39.7 Å². The largest absolute Gasteiger partial charge is 0.457 e. The first-order valence-electron chi connectivity index (χ1n) is 19.7. The Kier molecular flexibility index (Phi) is 6.88. The van der Waals surface area contributed by atoms with Crippen molar-refractivity contribution in [1.82, 2.24) is 0 Å². The molecule has 0 aromatic heterocycles. The van der Waals surface area contributed by atoms with E-state index >= 15 is 0 Å². The normalized spacial score (nSPS) is 13.2. The number of nitrogens with zero attached hydrogens (tertiary/aromatic N) is 1. The Labute approximate surface area is 331 Å². The van der Waals surface area contributed by atoms with Crippen LogP contribution in [0.15, 0.2) is 212 Å². The van der Waals surface area contributed by atoms with Crippen LogP contribution in [0.1, 0.15) is 22.3 Å². The zero-order valence-electron chi connectivity index (χ0n) is 31.1. The van der Waals surface area contributed by atoms with Gasteiger partial charge in [0.1, 0.15) is 11.5 Å². The Morgan fingerprint density at radius 3 is 1.81 bits per heavy atom. The Bertz CT molecular complexity index is 3180. The van der Waals surface area contributed by atoms with Crippen molar-refractivity contribution in [2.45, 2.75) is 5.41 Å². The predicted octanol–water partition coefficient (Wildman–Crippen LogP) is 14.8. The Morgan fingerprint density at radius 2 is 0.965 bits per heavy atom. The third-order valence-corrected chi connectivity index (χ3v) is 12.3. The van der Waals surface area contributed by atoms with Crippen LogP contribution in [-0.2, 0) is 5.41 Å². The molecule has 57 heavy (non-hydrogen) atoms. The van der Waals surface area contributed by atoms with Gasteiger partial charge in [0.05, 0.1) is 16.8 Å². The van der Waals surface area contributed by atoms with Crippen LogP contribution in [0.3, 0.4) is 0 Å². The summed E-state index contributed by atoms with van der Waals surface area (Å²) < 4.78 is 6.68. The molecule has 0 saturated heterocycles. The van der Waals surface area contributed by atoms with Gasteiger partial charge >= 0.3 is 0 Å². The number of hydrogen-bond acceptors (Lipinski definition) is 2. The molecule has 1 aliphatic carbocycles. The second-order valence-electron chi connectivity index (χ2n) is 15.2. The van der Waals surface area contributed by atoms with Gasteiger partial charge in [0, 0.05) is 27.6 Å². The minimum absolute atomic E-state index is 0.586. The standard InChI is InChI=1S/C55H35NO/c1-2-14-36(15-3-1)38-28-29-40-35-41(31-30-39(40)34-38)56(50-25-12-17-37-16-4-5-18-42(37)50)51-33-32-44-43-19-6-7-21-46(43)55(49-24-13-20-45(51)54(44)49)47-22-8-10-26-52(47)57-53-27-11-9-23-48(53)55/h1-35H. The molecular weight excluding hydrogens is 691 g/mol. The molecule has 1 heterocycles. The van der Waals surface area contributed by atoms with E-state index < -0.39 is 5.41 Å². The molecule has 10 aromatic rings. The van der Waals surface area contributed by atoms with Crippen molar-refractivity contribution in [1.29, 1.82) is 0 Å². The lowest BCUT2D eigenvalue weighted by molar-refractivity contribution is 0.435. The number of benzene rings is 10. The quantitative estimate of drug-likeness (QED) is 0.179. The van der Waals surface area contributed by atoms with E-state index in [1.54, 1.807) is 0 Å². The van der Waals surface area contributed by atoms with Crippen LogP contribution in [0.2, 0.25) is 0 Å². The van der Waals surface area contributed by atoms with Crippen molar-refractivity contribution in [2.75, 3.05) is 4.90 Å². The maximum absolute atomic E-state index is 6.68. The molecule has 0 bridgehead atoms. The first-order valence-corrected chi connectivity index (χ1v) is 19.7. The van der Waals surface area contributed by atoms with Gasteiger partial charge < -0.3 is 9.64 Å². The highest BCUT2D eigenvalue weighted by Gasteiger charge is 2.49. The average Bonchev–Trinajstić information content (AvgIpc) is 3.28. The van der Waals surface area contributed by atoms with Crippen molar-refractivity contribution in [2.24, 2.45) is 0 Å². The maximum Gasteiger partial charge on any atom is 0.132 e. The van der Waals surface area contributed by atoms with Gasteiger partial charge in [-0.25, -0.2) is 0 Å². The summed E-state index contributed by atoms with van der Waals surface area (Å²) in [5.41, 5.74) is 12.6. The second kappa shape index (κ2) is 12.3. The molecule has 2 nitrogen and oxygen atoms in total. The topological polar surface area (TPSA) is 12.5 Å². The van der Waals surface area contributed by atoms with Crippen LogP contribution >= 0.6 is 0 Å². The van der Waals surface area contributed by atoms with Crippen LogP contribution in [0.4, 0.5) is 17.1 Å². The van der Waals surface area contributed by atoms with Gasteiger partial charge in [0.2, 0.25) is 0 Å². The molecule has 12 rings (SSSR count). The van der Waals surface area contributed by atoms with Crippen LogP contribution < -0.4 is 9.64 Å². The monoisotopic (exact) mass is 725 g/mol. The van der Waals surface area contributed by atoms with Crippen molar-refractivity contribution < 1.29 is 4.74 Å². The summed E-state index contributed by atoms with van der Waals surface area (Å²) in [6.07, 6.45) is 0. The zero-order valence-corrected chi connectivity index (χ0v) is 31.1. The molecule has 266 valence electrons. The molecule has 2 heteroatoms. The molecule has 10 aromatic carbocycles. The maximum atomic E-state index is 6.68. The van der Waals surface area contributed by atoms with E-state index in [1.165, 1.54) is 65.7 Å². The SMILES string of the molecule is c1ccc(-c2ccc3cc(N(c4cccc5ccccc45)c4ccc5c6c(cccc46)C4(c6ccccc6Oc6ccccc64)c4ccccc4-5)ccc3c2)cc1. The molecule has 0 unspecified atom stereocenters. The fraction of sp³-hybridized carbons (Fsp3) is 0.0182. The van der Waals surface area contributed by atoms with E-state index in [4.69, 9.17) is 4.74 Å². The Balaban J connectivity index is 1.16. The minimum Gasteiger partial charge on any atom is -0.457 e. The number of ether oxygens (including phenoxy) is 1. The fourth-order valence-corrected chi connectivity index (χ4v) is 9.88. The number of fused-ring (bicyclic) bond motifs is 10. The van der Waals surface area contributed by atoms with Gasteiger partial charge in [-0.15, -0.1) is 0 Å². The van der Waals surface area contributed by atoms with Crippen molar-refractivity contribution in [3.63, 3.8) is 0 Å². The third-order valence-electron chi connectivity index (χ3n) is 12.3.